The predicted molar refractivity (Wildman–Crippen MR) is 61.0 cm³/mol. The second-order valence-corrected chi connectivity index (χ2v) is 5.13. The summed E-state index contributed by atoms with van der Waals surface area (Å²) in [6.07, 6.45) is 5.33. The van der Waals surface area contributed by atoms with E-state index in [4.69, 9.17) is 10.2 Å². The van der Waals surface area contributed by atoms with Crippen molar-refractivity contribution in [2.45, 2.75) is 36.6 Å². The minimum Gasteiger partial charge on any atom is -0.440 e. The normalized spacial score (nSPS) is 19.3. The van der Waals surface area contributed by atoms with Crippen LogP contribution in [0.5, 0.6) is 0 Å². The van der Waals surface area contributed by atoms with Crippen LogP contribution in [0.15, 0.2) is 22.1 Å². The summed E-state index contributed by atoms with van der Waals surface area (Å²) in [5, 5.41) is 3.82. The van der Waals surface area contributed by atoms with Crippen molar-refractivity contribution >= 4 is 17.7 Å². The molecule has 1 aromatic heterocycles. The number of carbonyl (C=O) groups is 1. The minimum absolute atomic E-state index is 0.335. The molecule has 1 aromatic rings. The topological polar surface area (TPSA) is 81.2 Å². The van der Waals surface area contributed by atoms with E-state index in [1.807, 2.05) is 6.92 Å². The zero-order valence-corrected chi connectivity index (χ0v) is 9.92. The van der Waals surface area contributed by atoms with Crippen LogP contribution in [-0.4, -0.2) is 28.2 Å². The summed E-state index contributed by atoms with van der Waals surface area (Å²) in [6, 6.07) is 0.433. The number of thioether (sulfide) groups is 1. The maximum absolute atomic E-state index is 11.4. The number of oxazole rings is 1. The van der Waals surface area contributed by atoms with Crippen LogP contribution in [0.2, 0.25) is 0 Å². The standard InChI is InChI=1S/C10H15N3O2S/c1-10(8(11)14,13-7-2-3-7)6-16-9-12-4-5-15-9/h4-5,7,13H,2-3,6H2,1H3,(H2,11,14). The van der Waals surface area contributed by atoms with Crippen LogP contribution in [0, 0.1) is 0 Å². The summed E-state index contributed by atoms with van der Waals surface area (Å²) in [5.74, 6) is 0.192. The summed E-state index contributed by atoms with van der Waals surface area (Å²) >= 11 is 1.39. The lowest BCUT2D eigenvalue weighted by atomic mass is 10.1. The Balaban J connectivity index is 1.93. The first-order chi connectivity index (χ1) is 7.60. The zero-order chi connectivity index (χ0) is 11.6. The number of aromatic nitrogens is 1. The highest BCUT2D eigenvalue weighted by atomic mass is 32.2. The number of hydrogen-bond donors (Lipinski definition) is 2. The van der Waals surface area contributed by atoms with Gasteiger partial charge in [-0.2, -0.15) is 0 Å². The van der Waals surface area contributed by atoms with Crippen molar-refractivity contribution < 1.29 is 9.21 Å². The first-order valence-electron chi connectivity index (χ1n) is 5.20. The fourth-order valence-corrected chi connectivity index (χ4v) is 2.25. The summed E-state index contributed by atoms with van der Waals surface area (Å²) in [6.45, 7) is 1.82. The van der Waals surface area contributed by atoms with Gasteiger partial charge in [-0.05, 0) is 19.8 Å². The Morgan fingerprint density at radius 2 is 2.56 bits per heavy atom. The molecule has 0 bridgehead atoms. The Hall–Kier alpha value is -1.01. The Labute approximate surface area is 98.2 Å². The van der Waals surface area contributed by atoms with Crippen LogP contribution in [0.3, 0.4) is 0 Å². The van der Waals surface area contributed by atoms with Crippen LogP contribution in [0.25, 0.3) is 0 Å². The number of nitrogens with zero attached hydrogens (tertiary/aromatic N) is 1. The number of primary amides is 1. The fourth-order valence-electron chi connectivity index (χ4n) is 1.35. The van der Waals surface area contributed by atoms with Crippen molar-refractivity contribution in [1.29, 1.82) is 0 Å². The molecule has 0 aromatic carbocycles. The highest BCUT2D eigenvalue weighted by Gasteiger charge is 2.37. The molecule has 1 atom stereocenters. The Morgan fingerprint density at radius 3 is 3.06 bits per heavy atom. The summed E-state index contributed by atoms with van der Waals surface area (Å²) in [7, 11) is 0. The second-order valence-electron chi connectivity index (χ2n) is 4.20. The number of nitrogens with one attached hydrogen (secondary N) is 1. The summed E-state index contributed by atoms with van der Waals surface area (Å²) in [4.78, 5) is 15.4. The van der Waals surface area contributed by atoms with Gasteiger partial charge in [0.25, 0.3) is 5.22 Å². The molecule has 0 saturated heterocycles. The van der Waals surface area contributed by atoms with Crippen molar-refractivity contribution in [1.82, 2.24) is 10.3 Å². The van der Waals surface area contributed by atoms with E-state index in [1.54, 1.807) is 6.20 Å². The maximum atomic E-state index is 11.4. The van der Waals surface area contributed by atoms with E-state index in [2.05, 4.69) is 10.3 Å². The number of nitrogens with two attached hydrogens (primary N) is 1. The molecule has 1 heterocycles. The molecule has 2 rings (SSSR count). The van der Waals surface area contributed by atoms with Crippen LogP contribution in [0.1, 0.15) is 19.8 Å². The van der Waals surface area contributed by atoms with Gasteiger partial charge in [-0.3, -0.25) is 4.79 Å². The smallest absolute Gasteiger partial charge is 0.255 e. The van der Waals surface area contributed by atoms with Gasteiger partial charge < -0.3 is 15.5 Å². The SMILES string of the molecule is CC(CSc1ncco1)(NC1CC1)C(N)=O. The third kappa shape index (κ3) is 2.76. The van der Waals surface area contributed by atoms with Gasteiger partial charge in [0.05, 0.1) is 6.20 Å². The molecule has 88 valence electrons. The molecule has 6 heteroatoms. The fraction of sp³-hybridized carbons (Fsp3) is 0.600. The van der Waals surface area contributed by atoms with Crippen LogP contribution in [-0.2, 0) is 4.79 Å². The van der Waals surface area contributed by atoms with Gasteiger partial charge in [0.15, 0.2) is 0 Å². The van der Waals surface area contributed by atoms with E-state index in [-0.39, 0.29) is 5.91 Å². The van der Waals surface area contributed by atoms with Gasteiger partial charge in [0.2, 0.25) is 5.91 Å². The lowest BCUT2D eigenvalue weighted by Gasteiger charge is -2.26. The molecule has 16 heavy (non-hydrogen) atoms. The van der Waals surface area contributed by atoms with Crippen molar-refractivity contribution in [2.75, 3.05) is 5.75 Å². The zero-order valence-electron chi connectivity index (χ0n) is 9.10. The summed E-state index contributed by atoms with van der Waals surface area (Å²) < 4.78 is 5.10. The lowest BCUT2D eigenvalue weighted by Crippen LogP contribution is -2.55. The quantitative estimate of drug-likeness (QED) is 0.719. The molecule has 1 unspecified atom stereocenters. The van der Waals surface area contributed by atoms with E-state index < -0.39 is 5.54 Å². The molecular formula is C10H15N3O2S. The number of rotatable bonds is 6. The van der Waals surface area contributed by atoms with Crippen LogP contribution in [0.4, 0.5) is 0 Å². The monoisotopic (exact) mass is 241 g/mol. The Morgan fingerprint density at radius 1 is 1.81 bits per heavy atom. The van der Waals surface area contributed by atoms with Crippen LogP contribution < -0.4 is 11.1 Å². The van der Waals surface area contributed by atoms with Crippen molar-refractivity contribution in [3.05, 3.63) is 12.5 Å². The molecule has 0 radical (unpaired) electrons. The molecule has 0 spiro atoms. The summed E-state index contributed by atoms with van der Waals surface area (Å²) in [5.41, 5.74) is 4.73. The lowest BCUT2D eigenvalue weighted by molar-refractivity contribution is -0.123. The van der Waals surface area contributed by atoms with Gasteiger partial charge in [0.1, 0.15) is 11.8 Å². The third-order valence-electron chi connectivity index (χ3n) is 2.54. The van der Waals surface area contributed by atoms with Crippen LogP contribution >= 0.6 is 11.8 Å². The average molecular weight is 241 g/mol. The van der Waals surface area contributed by atoms with Gasteiger partial charge in [-0.1, -0.05) is 11.8 Å². The molecule has 3 N–H and O–H groups in total. The van der Waals surface area contributed by atoms with Crippen molar-refractivity contribution in [3.63, 3.8) is 0 Å². The van der Waals surface area contributed by atoms with E-state index >= 15 is 0 Å². The molecule has 5 nitrogen and oxygen atoms in total. The first-order valence-corrected chi connectivity index (χ1v) is 6.18. The molecule has 1 aliphatic rings. The first kappa shape index (κ1) is 11.5. The average Bonchev–Trinajstić information content (AvgIpc) is 2.89. The molecule has 1 saturated carbocycles. The van der Waals surface area contributed by atoms with Gasteiger partial charge in [0, 0.05) is 11.8 Å². The molecule has 1 amide bonds. The van der Waals surface area contributed by atoms with Gasteiger partial charge in [-0.25, -0.2) is 4.98 Å². The number of amides is 1. The van der Waals surface area contributed by atoms with Gasteiger partial charge in [-0.15, -0.1) is 0 Å². The largest absolute Gasteiger partial charge is 0.440 e. The number of hydrogen-bond acceptors (Lipinski definition) is 5. The van der Waals surface area contributed by atoms with E-state index in [1.165, 1.54) is 18.0 Å². The third-order valence-corrected chi connectivity index (χ3v) is 3.71. The Bertz CT molecular complexity index is 364. The molecule has 1 fully saturated rings. The highest BCUT2D eigenvalue weighted by molar-refractivity contribution is 7.99. The van der Waals surface area contributed by atoms with Gasteiger partial charge >= 0.3 is 0 Å². The molecular weight excluding hydrogens is 226 g/mol. The number of carbonyl (C=O) groups excluding carboxylic acids is 1. The second kappa shape index (κ2) is 4.47. The van der Waals surface area contributed by atoms with Crippen molar-refractivity contribution in [2.24, 2.45) is 5.73 Å². The molecule has 1 aliphatic carbocycles. The Kier molecular flexibility index (Phi) is 3.20. The minimum atomic E-state index is -0.694. The van der Waals surface area contributed by atoms with Crippen molar-refractivity contribution in [3.8, 4) is 0 Å². The highest BCUT2D eigenvalue weighted by Crippen LogP contribution is 2.26. The van der Waals surface area contributed by atoms with E-state index in [0.29, 0.717) is 17.0 Å². The molecule has 0 aliphatic heterocycles. The maximum Gasteiger partial charge on any atom is 0.255 e. The predicted octanol–water partition coefficient (Wildman–Crippen LogP) is 0.763. The van der Waals surface area contributed by atoms with E-state index in [0.717, 1.165) is 12.8 Å². The van der Waals surface area contributed by atoms with E-state index in [9.17, 15) is 4.79 Å².